The second kappa shape index (κ2) is 4.71. The highest BCUT2D eigenvalue weighted by molar-refractivity contribution is 5.71. The minimum Gasteiger partial charge on any atom is -0.397 e. The zero-order valence-electron chi connectivity index (χ0n) is 10.3. The van der Waals surface area contributed by atoms with Gasteiger partial charge in [-0.1, -0.05) is 12.1 Å². The summed E-state index contributed by atoms with van der Waals surface area (Å²) in [5, 5.41) is 0. The second-order valence-electron chi connectivity index (χ2n) is 4.84. The minimum atomic E-state index is -4.11. The van der Waals surface area contributed by atoms with Crippen molar-refractivity contribution in [1.82, 2.24) is 0 Å². The van der Waals surface area contributed by atoms with E-state index >= 15 is 0 Å². The predicted octanol–water partition coefficient (Wildman–Crippen LogP) is 3.36. The second-order valence-corrected chi connectivity index (χ2v) is 4.84. The van der Waals surface area contributed by atoms with Crippen LogP contribution < -0.4 is 10.6 Å². The molecule has 1 aliphatic rings. The number of para-hydroxylation sites is 1. The summed E-state index contributed by atoms with van der Waals surface area (Å²) in [5.74, 6) is -1.25. The van der Waals surface area contributed by atoms with Crippen molar-refractivity contribution in [2.45, 2.75) is 25.9 Å². The van der Waals surface area contributed by atoms with E-state index in [1.54, 1.807) is 11.0 Å². The summed E-state index contributed by atoms with van der Waals surface area (Å²) >= 11 is 0. The predicted molar refractivity (Wildman–Crippen MR) is 66.6 cm³/mol. The number of nitrogens with two attached hydrogens (primary N) is 1. The smallest absolute Gasteiger partial charge is 0.393 e. The van der Waals surface area contributed by atoms with Crippen LogP contribution in [-0.2, 0) is 0 Å². The quantitative estimate of drug-likeness (QED) is 0.783. The lowest BCUT2D eigenvalue weighted by Crippen LogP contribution is -2.42. The van der Waals surface area contributed by atoms with E-state index in [1.807, 2.05) is 19.1 Å². The van der Waals surface area contributed by atoms with E-state index in [9.17, 15) is 13.2 Å². The van der Waals surface area contributed by atoms with Gasteiger partial charge in [0.15, 0.2) is 0 Å². The largest absolute Gasteiger partial charge is 0.397 e. The average Bonchev–Trinajstić information content (AvgIpc) is 2.28. The maximum absolute atomic E-state index is 12.8. The van der Waals surface area contributed by atoms with Crippen LogP contribution in [0.15, 0.2) is 18.2 Å². The molecule has 1 aromatic carbocycles. The van der Waals surface area contributed by atoms with Crippen molar-refractivity contribution in [3.8, 4) is 0 Å². The third-order valence-electron chi connectivity index (χ3n) is 3.47. The summed E-state index contributed by atoms with van der Waals surface area (Å²) in [6.07, 6.45) is -3.35. The monoisotopic (exact) mass is 258 g/mol. The first-order valence-corrected chi connectivity index (χ1v) is 6.06. The molecule has 0 radical (unpaired) electrons. The number of hydrogen-bond donors (Lipinski definition) is 1. The highest BCUT2D eigenvalue weighted by Crippen LogP contribution is 2.37. The number of rotatable bonds is 1. The van der Waals surface area contributed by atoms with Crippen molar-refractivity contribution in [1.29, 1.82) is 0 Å². The molecule has 0 spiro atoms. The topological polar surface area (TPSA) is 29.3 Å². The fourth-order valence-corrected chi connectivity index (χ4v) is 2.56. The van der Waals surface area contributed by atoms with Crippen molar-refractivity contribution < 1.29 is 13.2 Å². The molecule has 5 heteroatoms. The molecule has 100 valence electrons. The molecule has 0 aliphatic carbocycles. The van der Waals surface area contributed by atoms with Crippen LogP contribution in [0.3, 0.4) is 0 Å². The number of hydrogen-bond acceptors (Lipinski definition) is 2. The summed E-state index contributed by atoms with van der Waals surface area (Å²) in [6, 6.07) is 5.43. The third kappa shape index (κ3) is 2.54. The number of halogens is 3. The van der Waals surface area contributed by atoms with Crippen LogP contribution in [0.5, 0.6) is 0 Å². The number of anilines is 2. The SMILES string of the molecule is Cc1cccc(N)c1N1CCCC(C(F)(F)F)C1. The number of piperidine rings is 1. The molecular formula is C13H17F3N2. The summed E-state index contributed by atoms with van der Waals surface area (Å²) in [4.78, 5) is 1.77. The van der Waals surface area contributed by atoms with E-state index in [1.165, 1.54) is 0 Å². The number of nitrogen functional groups attached to an aromatic ring is 1. The first-order valence-electron chi connectivity index (χ1n) is 6.06. The van der Waals surface area contributed by atoms with Crippen LogP contribution in [0.4, 0.5) is 24.5 Å². The molecule has 2 N–H and O–H groups in total. The van der Waals surface area contributed by atoms with Gasteiger partial charge in [0.1, 0.15) is 0 Å². The van der Waals surface area contributed by atoms with Gasteiger partial charge in [-0.05, 0) is 31.4 Å². The molecular weight excluding hydrogens is 241 g/mol. The maximum Gasteiger partial charge on any atom is 0.393 e. The lowest BCUT2D eigenvalue weighted by molar-refractivity contribution is -0.175. The molecule has 2 rings (SSSR count). The Labute approximate surface area is 105 Å². The normalized spacial score (nSPS) is 21.1. The fraction of sp³-hybridized carbons (Fsp3) is 0.538. The number of alkyl halides is 3. The standard InChI is InChI=1S/C13H17F3N2/c1-9-4-2-6-11(17)12(9)18-7-3-5-10(8-18)13(14,15)16/h2,4,6,10H,3,5,7-8,17H2,1H3. The molecule has 1 fully saturated rings. The van der Waals surface area contributed by atoms with E-state index in [2.05, 4.69) is 0 Å². The molecule has 18 heavy (non-hydrogen) atoms. The molecule has 1 aromatic rings. The molecule has 2 nitrogen and oxygen atoms in total. The van der Waals surface area contributed by atoms with Gasteiger partial charge in [0.05, 0.1) is 17.3 Å². The Morgan fingerprint density at radius 1 is 1.33 bits per heavy atom. The van der Waals surface area contributed by atoms with E-state index in [4.69, 9.17) is 5.73 Å². The summed E-state index contributed by atoms with van der Waals surface area (Å²) in [5.41, 5.74) is 8.12. The van der Waals surface area contributed by atoms with Crippen molar-refractivity contribution in [2.75, 3.05) is 23.7 Å². The highest BCUT2D eigenvalue weighted by Gasteiger charge is 2.42. The van der Waals surface area contributed by atoms with Gasteiger partial charge in [0.2, 0.25) is 0 Å². The van der Waals surface area contributed by atoms with Crippen LogP contribution >= 0.6 is 0 Å². The Morgan fingerprint density at radius 2 is 2.06 bits per heavy atom. The van der Waals surface area contributed by atoms with Crippen molar-refractivity contribution >= 4 is 11.4 Å². The Bertz CT molecular complexity index is 408. The van der Waals surface area contributed by atoms with Gasteiger partial charge in [-0.25, -0.2) is 0 Å². The van der Waals surface area contributed by atoms with Crippen LogP contribution in [-0.4, -0.2) is 19.3 Å². The lowest BCUT2D eigenvalue weighted by Gasteiger charge is -2.36. The minimum absolute atomic E-state index is 0.0125. The Morgan fingerprint density at radius 3 is 2.67 bits per heavy atom. The van der Waals surface area contributed by atoms with Gasteiger partial charge in [-0.15, -0.1) is 0 Å². The van der Waals surface area contributed by atoms with E-state index in [0.29, 0.717) is 18.7 Å². The molecule has 0 saturated carbocycles. The van der Waals surface area contributed by atoms with Gasteiger partial charge in [-0.2, -0.15) is 13.2 Å². The van der Waals surface area contributed by atoms with Crippen LogP contribution in [0, 0.1) is 12.8 Å². The summed E-state index contributed by atoms with van der Waals surface area (Å²) in [6.45, 7) is 2.53. The van der Waals surface area contributed by atoms with Gasteiger partial charge in [0, 0.05) is 13.1 Å². The van der Waals surface area contributed by atoms with Crippen molar-refractivity contribution in [2.24, 2.45) is 5.92 Å². The van der Waals surface area contributed by atoms with Gasteiger partial charge < -0.3 is 10.6 Å². The third-order valence-corrected chi connectivity index (χ3v) is 3.47. The molecule has 0 amide bonds. The Hall–Kier alpha value is -1.39. The van der Waals surface area contributed by atoms with Crippen LogP contribution in [0.25, 0.3) is 0 Å². The van der Waals surface area contributed by atoms with Gasteiger partial charge >= 0.3 is 6.18 Å². The van der Waals surface area contributed by atoms with Crippen molar-refractivity contribution in [3.05, 3.63) is 23.8 Å². The van der Waals surface area contributed by atoms with Crippen LogP contribution in [0.1, 0.15) is 18.4 Å². The van der Waals surface area contributed by atoms with Crippen LogP contribution in [0.2, 0.25) is 0 Å². The van der Waals surface area contributed by atoms with E-state index in [0.717, 1.165) is 11.3 Å². The number of benzene rings is 1. The van der Waals surface area contributed by atoms with E-state index in [-0.39, 0.29) is 13.0 Å². The number of nitrogens with zero attached hydrogens (tertiary/aromatic N) is 1. The van der Waals surface area contributed by atoms with Gasteiger partial charge in [0.25, 0.3) is 0 Å². The van der Waals surface area contributed by atoms with Crippen molar-refractivity contribution in [3.63, 3.8) is 0 Å². The average molecular weight is 258 g/mol. The molecule has 0 aromatic heterocycles. The fourth-order valence-electron chi connectivity index (χ4n) is 2.56. The lowest BCUT2D eigenvalue weighted by atomic mass is 9.96. The first kappa shape index (κ1) is 13.1. The number of aryl methyl sites for hydroxylation is 1. The Kier molecular flexibility index (Phi) is 3.41. The molecule has 1 unspecified atom stereocenters. The Balaban J connectivity index is 2.24. The summed E-state index contributed by atoms with van der Waals surface area (Å²) in [7, 11) is 0. The highest BCUT2D eigenvalue weighted by atomic mass is 19.4. The zero-order chi connectivity index (χ0) is 13.3. The summed E-state index contributed by atoms with van der Waals surface area (Å²) < 4.78 is 38.3. The molecule has 1 saturated heterocycles. The molecule has 1 heterocycles. The zero-order valence-corrected chi connectivity index (χ0v) is 10.3. The molecule has 1 aliphatic heterocycles. The maximum atomic E-state index is 12.8. The van der Waals surface area contributed by atoms with Gasteiger partial charge in [-0.3, -0.25) is 0 Å². The molecule has 0 bridgehead atoms. The first-order chi connectivity index (χ1) is 8.39. The molecule has 1 atom stereocenters. The van der Waals surface area contributed by atoms with E-state index < -0.39 is 12.1 Å².